The summed E-state index contributed by atoms with van der Waals surface area (Å²) >= 11 is 0. The molecule has 0 bridgehead atoms. The van der Waals surface area contributed by atoms with Gasteiger partial charge in [0.25, 0.3) is 0 Å². The first-order chi connectivity index (χ1) is 15.9. The predicted molar refractivity (Wildman–Crippen MR) is 135 cm³/mol. The third-order valence-corrected chi connectivity index (χ3v) is 6.55. The van der Waals surface area contributed by atoms with Gasteiger partial charge < -0.3 is 0 Å². The molecule has 0 fully saturated rings. The van der Waals surface area contributed by atoms with Crippen LogP contribution in [-0.4, -0.2) is 9.97 Å². The summed E-state index contributed by atoms with van der Waals surface area (Å²) in [7, 11) is 0. The molecule has 32 heavy (non-hydrogen) atoms. The van der Waals surface area contributed by atoms with Crippen molar-refractivity contribution in [3.05, 3.63) is 110 Å². The highest BCUT2D eigenvalue weighted by Gasteiger charge is 2.16. The zero-order chi connectivity index (χ0) is 21.1. The van der Waals surface area contributed by atoms with Crippen LogP contribution in [0.25, 0.3) is 65.1 Å². The van der Waals surface area contributed by atoms with E-state index in [0.29, 0.717) is 0 Å². The van der Waals surface area contributed by atoms with Gasteiger partial charge in [0, 0.05) is 29.5 Å². The second-order valence-electron chi connectivity index (χ2n) is 8.24. The van der Waals surface area contributed by atoms with Crippen molar-refractivity contribution in [2.24, 2.45) is 0 Å². The smallest absolute Gasteiger partial charge is 0.0724 e. The Balaban J connectivity index is 1.82. The molecule has 0 aliphatic heterocycles. The van der Waals surface area contributed by atoms with E-state index in [1.807, 2.05) is 18.5 Å². The molecule has 5 aromatic carbocycles. The van der Waals surface area contributed by atoms with Crippen molar-refractivity contribution in [2.75, 3.05) is 0 Å². The maximum Gasteiger partial charge on any atom is 0.0724 e. The zero-order valence-corrected chi connectivity index (χ0v) is 17.3. The van der Waals surface area contributed by atoms with Gasteiger partial charge in [0.15, 0.2) is 0 Å². The van der Waals surface area contributed by atoms with Gasteiger partial charge in [-0.1, -0.05) is 72.8 Å². The van der Waals surface area contributed by atoms with Crippen LogP contribution >= 0.6 is 0 Å². The van der Waals surface area contributed by atoms with Crippen LogP contribution in [0.4, 0.5) is 0 Å². The molecule has 0 atom stereocenters. The van der Waals surface area contributed by atoms with Crippen molar-refractivity contribution >= 4 is 53.9 Å². The number of fused-ring (bicyclic) bond motifs is 11. The Hall–Kier alpha value is -4.30. The summed E-state index contributed by atoms with van der Waals surface area (Å²) in [5, 5.41) is 12.7. The van der Waals surface area contributed by atoms with Gasteiger partial charge in [0.2, 0.25) is 0 Å². The van der Waals surface area contributed by atoms with E-state index >= 15 is 0 Å². The number of hydrogen-bond acceptors (Lipinski definition) is 2. The fourth-order valence-corrected chi connectivity index (χ4v) is 5.19. The molecule has 2 heteroatoms. The topological polar surface area (TPSA) is 25.8 Å². The summed E-state index contributed by atoms with van der Waals surface area (Å²) in [5.74, 6) is 0. The number of rotatable bonds is 1. The molecule has 0 N–H and O–H groups in total. The second-order valence-corrected chi connectivity index (χ2v) is 8.24. The van der Waals surface area contributed by atoms with E-state index in [4.69, 9.17) is 4.98 Å². The Bertz CT molecular complexity index is 1800. The monoisotopic (exact) mass is 406 g/mol. The van der Waals surface area contributed by atoms with Gasteiger partial charge in [-0.2, -0.15) is 0 Å². The summed E-state index contributed by atoms with van der Waals surface area (Å²) in [6, 6.07) is 32.5. The minimum atomic E-state index is 0.944. The quantitative estimate of drug-likeness (QED) is 0.259. The molecule has 148 valence electrons. The number of nitrogens with zero attached hydrogens (tertiary/aromatic N) is 2. The lowest BCUT2D eigenvalue weighted by Crippen LogP contribution is -1.91. The van der Waals surface area contributed by atoms with E-state index < -0.39 is 0 Å². The Morgan fingerprint density at radius 3 is 1.53 bits per heavy atom. The van der Waals surface area contributed by atoms with Crippen molar-refractivity contribution in [3.63, 3.8) is 0 Å². The van der Waals surface area contributed by atoms with Crippen LogP contribution in [0.15, 0.2) is 110 Å². The molecule has 2 heterocycles. The summed E-state index contributed by atoms with van der Waals surface area (Å²) in [4.78, 5) is 9.14. The molecule has 0 aliphatic rings. The lowest BCUT2D eigenvalue weighted by atomic mass is 9.87. The molecule has 7 rings (SSSR count). The van der Waals surface area contributed by atoms with Crippen molar-refractivity contribution in [2.45, 2.75) is 0 Å². The number of aromatic nitrogens is 2. The highest BCUT2D eigenvalue weighted by Crippen LogP contribution is 2.44. The molecule has 7 aromatic rings. The Morgan fingerprint density at radius 1 is 0.438 bits per heavy atom. The third kappa shape index (κ3) is 2.35. The van der Waals surface area contributed by atoms with Gasteiger partial charge in [-0.3, -0.25) is 9.97 Å². The number of pyridine rings is 2. The highest BCUT2D eigenvalue weighted by molar-refractivity contribution is 6.39. The van der Waals surface area contributed by atoms with Gasteiger partial charge in [0.05, 0.1) is 5.69 Å². The maximum absolute atomic E-state index is 4.84. The van der Waals surface area contributed by atoms with Gasteiger partial charge in [-0.25, -0.2) is 0 Å². The fraction of sp³-hybridized carbons (Fsp3) is 0. The van der Waals surface area contributed by atoms with Crippen LogP contribution < -0.4 is 0 Å². The molecule has 0 amide bonds. The minimum Gasteiger partial charge on any atom is -0.264 e. The van der Waals surface area contributed by atoms with Crippen molar-refractivity contribution in [1.82, 2.24) is 9.97 Å². The summed E-state index contributed by atoms with van der Waals surface area (Å²) in [6.45, 7) is 0. The molecule has 2 nitrogen and oxygen atoms in total. The largest absolute Gasteiger partial charge is 0.264 e. The molecule has 0 saturated heterocycles. The van der Waals surface area contributed by atoms with Gasteiger partial charge in [0.1, 0.15) is 0 Å². The molecule has 0 spiro atoms. The summed E-state index contributed by atoms with van der Waals surface area (Å²) in [6.07, 6.45) is 5.71. The average Bonchev–Trinajstić information content (AvgIpc) is 2.88. The van der Waals surface area contributed by atoms with Crippen LogP contribution in [0.3, 0.4) is 0 Å². The number of benzene rings is 5. The van der Waals surface area contributed by atoms with Crippen molar-refractivity contribution in [1.29, 1.82) is 0 Å². The standard InChI is InChI=1S/C30H18N2/c1-4-12-23-20(9-1)21-10-2-5-13-24(21)30-26-16-28(19-8-7-15-31-17-19)32-18-27(26)22-11-3-6-14-25(22)29(23)30/h1-18H. The third-order valence-electron chi connectivity index (χ3n) is 6.55. The first-order valence-corrected chi connectivity index (χ1v) is 10.8. The molecular formula is C30H18N2. The van der Waals surface area contributed by atoms with E-state index in [-0.39, 0.29) is 0 Å². The molecule has 0 radical (unpaired) electrons. The van der Waals surface area contributed by atoms with Crippen molar-refractivity contribution in [3.8, 4) is 11.3 Å². The van der Waals surface area contributed by atoms with Crippen LogP contribution in [-0.2, 0) is 0 Å². The van der Waals surface area contributed by atoms with Crippen LogP contribution in [0.1, 0.15) is 0 Å². The number of hydrogen-bond donors (Lipinski definition) is 0. The fourth-order valence-electron chi connectivity index (χ4n) is 5.19. The SMILES string of the molecule is c1cncc(-c2cc3c(cn2)c2ccccc2c2c4ccccc4c4ccccc4c32)c1. The van der Waals surface area contributed by atoms with Crippen LogP contribution in [0, 0.1) is 0 Å². The highest BCUT2D eigenvalue weighted by atomic mass is 14.7. The van der Waals surface area contributed by atoms with E-state index in [1.54, 1.807) is 6.20 Å². The Morgan fingerprint density at radius 2 is 0.969 bits per heavy atom. The van der Waals surface area contributed by atoms with E-state index in [1.165, 1.54) is 53.9 Å². The van der Waals surface area contributed by atoms with E-state index in [2.05, 4.69) is 89.9 Å². The van der Waals surface area contributed by atoms with Gasteiger partial charge >= 0.3 is 0 Å². The van der Waals surface area contributed by atoms with Crippen molar-refractivity contribution < 1.29 is 0 Å². The van der Waals surface area contributed by atoms with Gasteiger partial charge in [-0.15, -0.1) is 0 Å². The lowest BCUT2D eigenvalue weighted by Gasteiger charge is -2.16. The van der Waals surface area contributed by atoms with E-state index in [9.17, 15) is 0 Å². The summed E-state index contributed by atoms with van der Waals surface area (Å²) in [5.41, 5.74) is 1.97. The lowest BCUT2D eigenvalue weighted by molar-refractivity contribution is 1.29. The molecular weight excluding hydrogens is 388 g/mol. The second kappa shape index (κ2) is 6.60. The predicted octanol–water partition coefficient (Wildman–Crippen LogP) is 7.91. The first kappa shape index (κ1) is 17.4. The van der Waals surface area contributed by atoms with Crippen LogP contribution in [0.5, 0.6) is 0 Å². The average molecular weight is 406 g/mol. The zero-order valence-electron chi connectivity index (χ0n) is 17.3. The normalized spacial score (nSPS) is 11.8. The summed E-state index contributed by atoms with van der Waals surface area (Å²) < 4.78 is 0. The Labute approximate surface area is 184 Å². The molecule has 0 saturated carbocycles. The van der Waals surface area contributed by atoms with Crippen LogP contribution in [0.2, 0.25) is 0 Å². The Kier molecular flexibility index (Phi) is 3.58. The molecule has 0 aliphatic carbocycles. The first-order valence-electron chi connectivity index (χ1n) is 10.8. The molecule has 2 aromatic heterocycles. The van der Waals surface area contributed by atoms with E-state index in [0.717, 1.165) is 11.3 Å². The minimum absolute atomic E-state index is 0.944. The maximum atomic E-state index is 4.84. The molecule has 0 unspecified atom stereocenters. The van der Waals surface area contributed by atoms with Gasteiger partial charge in [-0.05, 0) is 66.7 Å².